The molecule has 0 saturated heterocycles. The maximum Gasteiger partial charge on any atom is 0.411 e. The largest absolute Gasteiger partial charge is 0.411 e. The summed E-state index contributed by atoms with van der Waals surface area (Å²) >= 11 is 0. The van der Waals surface area contributed by atoms with E-state index in [-0.39, 0.29) is 12.5 Å². The Morgan fingerprint density at radius 2 is 2.19 bits per heavy atom. The van der Waals surface area contributed by atoms with E-state index in [2.05, 4.69) is 10.1 Å². The first-order chi connectivity index (χ1) is 7.39. The van der Waals surface area contributed by atoms with E-state index in [1.54, 1.807) is 6.92 Å². The number of halogens is 3. The van der Waals surface area contributed by atoms with Crippen molar-refractivity contribution >= 4 is 5.91 Å². The van der Waals surface area contributed by atoms with Crippen molar-refractivity contribution < 1.29 is 22.7 Å². The Morgan fingerprint density at radius 1 is 1.56 bits per heavy atom. The van der Waals surface area contributed by atoms with Crippen LogP contribution in [-0.4, -0.2) is 31.3 Å². The molecule has 4 nitrogen and oxygen atoms in total. The highest BCUT2D eigenvalue weighted by Crippen LogP contribution is 2.14. The number of carbonyl (C=O) groups is 1. The first-order valence-corrected chi connectivity index (χ1v) is 4.69. The molecular formula is C9H13F3N2O2. The Morgan fingerprint density at radius 3 is 2.62 bits per heavy atom. The van der Waals surface area contributed by atoms with Crippen LogP contribution in [0.15, 0.2) is 0 Å². The van der Waals surface area contributed by atoms with Gasteiger partial charge in [0.25, 0.3) is 0 Å². The lowest BCUT2D eigenvalue weighted by atomic mass is 10.2. The van der Waals surface area contributed by atoms with E-state index in [1.165, 1.54) is 0 Å². The molecule has 0 saturated carbocycles. The molecule has 0 rings (SSSR count). The summed E-state index contributed by atoms with van der Waals surface area (Å²) in [5.41, 5.74) is 0. The standard InChI is InChI=1S/C9H13F3N2O2/c1-2-7(3-4-13)14-8(15)5-16-6-9(10,11)12/h7H,2-3,5-6H2,1H3,(H,14,15). The topological polar surface area (TPSA) is 62.1 Å². The molecule has 0 aliphatic heterocycles. The summed E-state index contributed by atoms with van der Waals surface area (Å²) in [6.07, 6.45) is -3.77. The predicted octanol–water partition coefficient (Wildman–Crippen LogP) is 1.37. The van der Waals surface area contributed by atoms with Gasteiger partial charge in [0.05, 0.1) is 12.5 Å². The number of nitriles is 1. The van der Waals surface area contributed by atoms with Crippen molar-refractivity contribution in [2.45, 2.75) is 32.0 Å². The average Bonchev–Trinajstić information content (AvgIpc) is 2.15. The van der Waals surface area contributed by atoms with Crippen molar-refractivity contribution in [3.05, 3.63) is 0 Å². The van der Waals surface area contributed by atoms with Crippen molar-refractivity contribution in [2.24, 2.45) is 0 Å². The molecular weight excluding hydrogens is 225 g/mol. The zero-order valence-electron chi connectivity index (χ0n) is 8.80. The number of amides is 1. The van der Waals surface area contributed by atoms with Crippen LogP contribution < -0.4 is 5.32 Å². The number of rotatable bonds is 6. The molecule has 16 heavy (non-hydrogen) atoms. The van der Waals surface area contributed by atoms with Gasteiger partial charge in [0.15, 0.2) is 0 Å². The first-order valence-electron chi connectivity index (χ1n) is 4.69. The van der Waals surface area contributed by atoms with Crippen LogP contribution in [0.4, 0.5) is 13.2 Å². The summed E-state index contributed by atoms with van der Waals surface area (Å²) in [4.78, 5) is 11.1. The summed E-state index contributed by atoms with van der Waals surface area (Å²) in [5, 5.41) is 10.8. The highest BCUT2D eigenvalue weighted by Gasteiger charge is 2.27. The molecule has 0 spiro atoms. The molecule has 0 aliphatic carbocycles. The quantitative estimate of drug-likeness (QED) is 0.760. The van der Waals surface area contributed by atoms with Gasteiger partial charge >= 0.3 is 6.18 Å². The van der Waals surface area contributed by atoms with Crippen LogP contribution in [0.1, 0.15) is 19.8 Å². The third-order valence-corrected chi connectivity index (χ3v) is 1.69. The lowest BCUT2D eigenvalue weighted by molar-refractivity contribution is -0.175. The number of nitrogens with one attached hydrogen (secondary N) is 1. The van der Waals surface area contributed by atoms with Gasteiger partial charge in [0.1, 0.15) is 13.2 Å². The number of nitrogens with zero attached hydrogens (tertiary/aromatic N) is 1. The van der Waals surface area contributed by atoms with Gasteiger partial charge in [0.2, 0.25) is 5.91 Å². The van der Waals surface area contributed by atoms with Crippen molar-refractivity contribution in [1.82, 2.24) is 5.32 Å². The van der Waals surface area contributed by atoms with Gasteiger partial charge in [-0.1, -0.05) is 6.92 Å². The minimum atomic E-state index is -4.43. The van der Waals surface area contributed by atoms with E-state index >= 15 is 0 Å². The van der Waals surface area contributed by atoms with Gasteiger partial charge in [-0.15, -0.1) is 0 Å². The second-order valence-electron chi connectivity index (χ2n) is 3.14. The number of ether oxygens (including phenoxy) is 1. The molecule has 0 bridgehead atoms. The molecule has 1 N–H and O–H groups in total. The van der Waals surface area contributed by atoms with E-state index in [0.29, 0.717) is 6.42 Å². The fraction of sp³-hybridized carbons (Fsp3) is 0.778. The van der Waals surface area contributed by atoms with Crippen LogP contribution in [-0.2, 0) is 9.53 Å². The van der Waals surface area contributed by atoms with Crippen LogP contribution in [0, 0.1) is 11.3 Å². The number of hydrogen-bond donors (Lipinski definition) is 1. The second kappa shape index (κ2) is 7.06. The zero-order valence-corrected chi connectivity index (χ0v) is 8.80. The lowest BCUT2D eigenvalue weighted by Crippen LogP contribution is -2.37. The third kappa shape index (κ3) is 8.05. The van der Waals surface area contributed by atoms with Gasteiger partial charge in [-0.05, 0) is 6.42 Å². The molecule has 7 heteroatoms. The summed E-state index contributed by atoms with van der Waals surface area (Å²) in [6, 6.07) is 1.53. The van der Waals surface area contributed by atoms with Crippen molar-refractivity contribution in [3.8, 4) is 6.07 Å². The minimum Gasteiger partial charge on any atom is -0.362 e. The highest BCUT2D eigenvalue weighted by molar-refractivity contribution is 5.77. The van der Waals surface area contributed by atoms with Gasteiger partial charge in [-0.3, -0.25) is 4.79 Å². The van der Waals surface area contributed by atoms with E-state index < -0.39 is 25.3 Å². The third-order valence-electron chi connectivity index (χ3n) is 1.69. The van der Waals surface area contributed by atoms with Crippen molar-refractivity contribution in [3.63, 3.8) is 0 Å². The molecule has 0 heterocycles. The maximum atomic E-state index is 11.7. The van der Waals surface area contributed by atoms with E-state index in [4.69, 9.17) is 5.26 Å². The predicted molar refractivity (Wildman–Crippen MR) is 49.3 cm³/mol. The monoisotopic (exact) mass is 238 g/mol. The maximum absolute atomic E-state index is 11.7. The lowest BCUT2D eigenvalue weighted by Gasteiger charge is -2.13. The fourth-order valence-corrected chi connectivity index (χ4v) is 0.936. The zero-order chi connectivity index (χ0) is 12.6. The van der Waals surface area contributed by atoms with Crippen LogP contribution in [0.3, 0.4) is 0 Å². The molecule has 1 unspecified atom stereocenters. The highest BCUT2D eigenvalue weighted by atomic mass is 19.4. The van der Waals surface area contributed by atoms with Crippen LogP contribution in [0.25, 0.3) is 0 Å². The molecule has 0 aromatic carbocycles. The minimum absolute atomic E-state index is 0.126. The number of alkyl halides is 3. The summed E-state index contributed by atoms with van der Waals surface area (Å²) in [6.45, 7) is -0.338. The van der Waals surface area contributed by atoms with Gasteiger partial charge in [-0.2, -0.15) is 18.4 Å². The van der Waals surface area contributed by atoms with Gasteiger partial charge < -0.3 is 10.1 Å². The Hall–Kier alpha value is -1.29. The van der Waals surface area contributed by atoms with E-state index in [1.807, 2.05) is 6.07 Å². The fourth-order valence-electron chi connectivity index (χ4n) is 0.936. The first kappa shape index (κ1) is 14.7. The number of carbonyl (C=O) groups excluding carboxylic acids is 1. The smallest absolute Gasteiger partial charge is 0.362 e. The molecule has 0 aromatic heterocycles. The van der Waals surface area contributed by atoms with Gasteiger partial charge in [-0.25, -0.2) is 0 Å². The normalized spacial score (nSPS) is 12.9. The Kier molecular flexibility index (Phi) is 6.49. The molecule has 1 atom stereocenters. The van der Waals surface area contributed by atoms with Crippen LogP contribution in [0.5, 0.6) is 0 Å². The van der Waals surface area contributed by atoms with Gasteiger partial charge in [0, 0.05) is 6.04 Å². The average molecular weight is 238 g/mol. The summed E-state index contributed by atoms with van der Waals surface area (Å²) < 4.78 is 39.1. The van der Waals surface area contributed by atoms with E-state index in [0.717, 1.165) is 0 Å². The Bertz CT molecular complexity index is 260. The summed E-state index contributed by atoms with van der Waals surface area (Å²) in [5.74, 6) is -0.647. The van der Waals surface area contributed by atoms with Crippen LogP contribution >= 0.6 is 0 Å². The Balaban J connectivity index is 3.78. The molecule has 0 radical (unpaired) electrons. The SMILES string of the molecule is CCC(CC#N)NC(=O)COCC(F)(F)F. The molecule has 0 aliphatic rings. The van der Waals surface area contributed by atoms with Crippen molar-refractivity contribution in [2.75, 3.05) is 13.2 Å². The summed E-state index contributed by atoms with van der Waals surface area (Å²) in [7, 11) is 0. The molecule has 92 valence electrons. The number of hydrogen-bond acceptors (Lipinski definition) is 3. The van der Waals surface area contributed by atoms with Crippen molar-refractivity contribution in [1.29, 1.82) is 5.26 Å². The van der Waals surface area contributed by atoms with Crippen LogP contribution in [0.2, 0.25) is 0 Å². The van der Waals surface area contributed by atoms with E-state index in [9.17, 15) is 18.0 Å². The second-order valence-corrected chi connectivity index (χ2v) is 3.14. The molecule has 0 aromatic rings. The molecule has 0 fully saturated rings. The Labute approximate surface area is 91.4 Å². The molecule has 1 amide bonds.